The quantitative estimate of drug-likeness (QED) is 0.761. The Labute approximate surface area is 106 Å². The first-order chi connectivity index (χ1) is 8.40. The number of nitrogens with two attached hydrogens (primary N) is 2. The number of aromatic amines is 1. The van der Waals surface area contributed by atoms with Gasteiger partial charge in [-0.2, -0.15) is 0 Å². The Bertz CT molecular complexity index is 539. The summed E-state index contributed by atoms with van der Waals surface area (Å²) in [6, 6.07) is 0. The van der Waals surface area contributed by atoms with Crippen LogP contribution < -0.4 is 11.5 Å². The number of H-pyrrole nitrogens is 1. The average molecular weight is 248 g/mol. The average Bonchev–Trinajstić information content (AvgIpc) is 2.70. The third-order valence-corrected chi connectivity index (χ3v) is 2.87. The van der Waals surface area contributed by atoms with Crippen LogP contribution in [-0.4, -0.2) is 26.5 Å². The molecular weight excluding hydrogens is 228 g/mol. The van der Waals surface area contributed by atoms with E-state index in [1.807, 2.05) is 0 Å². The minimum Gasteiger partial charge on any atom is -0.382 e. The fourth-order valence-corrected chi connectivity index (χ4v) is 2.09. The number of hydrogen-bond donors (Lipinski definition) is 3. The van der Waals surface area contributed by atoms with Crippen molar-refractivity contribution in [2.75, 3.05) is 12.3 Å². The van der Waals surface area contributed by atoms with Gasteiger partial charge in [0.25, 0.3) is 0 Å². The van der Waals surface area contributed by atoms with Gasteiger partial charge in [0.05, 0.1) is 0 Å². The lowest BCUT2D eigenvalue weighted by Gasteiger charge is -2.23. The van der Waals surface area contributed by atoms with Crippen molar-refractivity contribution in [1.29, 1.82) is 0 Å². The van der Waals surface area contributed by atoms with E-state index in [0.29, 0.717) is 23.5 Å². The predicted molar refractivity (Wildman–Crippen MR) is 72.0 cm³/mol. The minimum absolute atomic E-state index is 0.179. The number of anilines is 1. The molecule has 98 valence electrons. The summed E-state index contributed by atoms with van der Waals surface area (Å²) in [6.45, 7) is 7.11. The zero-order chi connectivity index (χ0) is 13.3. The molecular formula is C12H20N6. The van der Waals surface area contributed by atoms with Crippen LogP contribution in [0.4, 0.5) is 5.82 Å². The van der Waals surface area contributed by atoms with Crippen LogP contribution >= 0.6 is 0 Å². The van der Waals surface area contributed by atoms with Crippen LogP contribution in [-0.2, 0) is 0 Å². The highest BCUT2D eigenvalue weighted by Gasteiger charge is 2.22. The smallest absolute Gasteiger partial charge is 0.183 e. The third-order valence-electron chi connectivity index (χ3n) is 2.87. The number of nitrogen functional groups attached to an aromatic ring is 1. The molecule has 0 radical (unpaired) electrons. The molecule has 0 spiro atoms. The van der Waals surface area contributed by atoms with Crippen LogP contribution in [0.3, 0.4) is 0 Å². The summed E-state index contributed by atoms with van der Waals surface area (Å²) in [6.07, 6.45) is 2.38. The van der Waals surface area contributed by atoms with E-state index in [9.17, 15) is 0 Å². The second kappa shape index (κ2) is 4.53. The van der Waals surface area contributed by atoms with Gasteiger partial charge in [0.15, 0.2) is 11.5 Å². The molecule has 18 heavy (non-hydrogen) atoms. The molecule has 2 heterocycles. The number of nitrogens with zero attached hydrogens (tertiary/aromatic N) is 3. The molecule has 0 aromatic carbocycles. The van der Waals surface area contributed by atoms with Crippen LogP contribution in [0.5, 0.6) is 0 Å². The Morgan fingerprint density at radius 1 is 1.33 bits per heavy atom. The fourth-order valence-electron chi connectivity index (χ4n) is 2.09. The summed E-state index contributed by atoms with van der Waals surface area (Å²) in [7, 11) is 0. The Kier molecular flexibility index (Phi) is 3.21. The summed E-state index contributed by atoms with van der Waals surface area (Å²) in [5.41, 5.74) is 13.1. The molecule has 0 saturated heterocycles. The van der Waals surface area contributed by atoms with E-state index >= 15 is 0 Å². The van der Waals surface area contributed by atoms with Gasteiger partial charge in [-0.15, -0.1) is 0 Å². The van der Waals surface area contributed by atoms with E-state index in [1.165, 1.54) is 6.33 Å². The van der Waals surface area contributed by atoms with E-state index in [2.05, 4.69) is 40.7 Å². The monoisotopic (exact) mass is 248 g/mol. The van der Waals surface area contributed by atoms with Crippen molar-refractivity contribution in [3.63, 3.8) is 0 Å². The van der Waals surface area contributed by atoms with Crippen LogP contribution in [0.15, 0.2) is 6.33 Å². The van der Waals surface area contributed by atoms with Crippen LogP contribution in [0.2, 0.25) is 0 Å². The van der Waals surface area contributed by atoms with Gasteiger partial charge in [0.1, 0.15) is 17.7 Å². The van der Waals surface area contributed by atoms with Gasteiger partial charge in [-0.05, 0) is 11.8 Å². The first kappa shape index (κ1) is 12.8. The summed E-state index contributed by atoms with van der Waals surface area (Å²) < 4.78 is 0. The highest BCUT2D eigenvalue weighted by atomic mass is 15.1. The second-order valence-electron chi connectivity index (χ2n) is 5.78. The first-order valence-corrected chi connectivity index (χ1v) is 6.07. The summed E-state index contributed by atoms with van der Waals surface area (Å²) >= 11 is 0. The van der Waals surface area contributed by atoms with Crippen LogP contribution in [0, 0.1) is 5.41 Å². The maximum Gasteiger partial charge on any atom is 0.183 e. The van der Waals surface area contributed by atoms with Crippen LogP contribution in [0.25, 0.3) is 11.2 Å². The SMILES string of the molecule is CC(C)(C)CC(CN)c1nc2ncnc(N)c2[nH]1. The Balaban J connectivity index is 2.37. The molecule has 0 saturated carbocycles. The topological polar surface area (TPSA) is 106 Å². The molecule has 1 unspecified atom stereocenters. The lowest BCUT2D eigenvalue weighted by atomic mass is 9.84. The van der Waals surface area contributed by atoms with Crippen LogP contribution in [0.1, 0.15) is 38.9 Å². The van der Waals surface area contributed by atoms with E-state index < -0.39 is 0 Å². The van der Waals surface area contributed by atoms with E-state index in [4.69, 9.17) is 11.5 Å². The normalized spacial score (nSPS) is 14.0. The second-order valence-corrected chi connectivity index (χ2v) is 5.78. The van der Waals surface area contributed by atoms with Crippen molar-refractivity contribution in [1.82, 2.24) is 19.9 Å². The highest BCUT2D eigenvalue weighted by molar-refractivity contribution is 5.81. The molecule has 0 aliphatic rings. The largest absolute Gasteiger partial charge is 0.382 e. The van der Waals surface area contributed by atoms with Gasteiger partial charge in [-0.3, -0.25) is 0 Å². The van der Waals surface area contributed by atoms with Gasteiger partial charge in [0.2, 0.25) is 0 Å². The van der Waals surface area contributed by atoms with Gasteiger partial charge in [-0.1, -0.05) is 20.8 Å². The number of aromatic nitrogens is 4. The number of hydrogen-bond acceptors (Lipinski definition) is 5. The van der Waals surface area contributed by atoms with E-state index in [-0.39, 0.29) is 11.3 Å². The molecule has 0 aliphatic heterocycles. The van der Waals surface area contributed by atoms with Crippen molar-refractivity contribution >= 4 is 17.0 Å². The number of rotatable bonds is 3. The summed E-state index contributed by atoms with van der Waals surface area (Å²) in [4.78, 5) is 15.7. The number of imidazole rings is 1. The number of nitrogens with one attached hydrogen (secondary N) is 1. The number of fused-ring (bicyclic) bond motifs is 1. The summed E-state index contributed by atoms with van der Waals surface area (Å²) in [5.74, 6) is 1.44. The predicted octanol–water partition coefficient (Wildman–Crippen LogP) is 1.41. The minimum atomic E-state index is 0.179. The van der Waals surface area contributed by atoms with Gasteiger partial charge >= 0.3 is 0 Å². The summed E-state index contributed by atoms with van der Waals surface area (Å²) in [5, 5.41) is 0. The van der Waals surface area contributed by atoms with Crippen molar-refractivity contribution in [2.45, 2.75) is 33.1 Å². The lowest BCUT2D eigenvalue weighted by molar-refractivity contribution is 0.337. The third kappa shape index (κ3) is 2.59. The standard InChI is InChI=1S/C12H20N6/c1-12(2,3)4-7(5-13)10-17-8-9(14)15-6-16-11(8)18-10/h6-7H,4-5,13H2,1-3H3,(H3,14,15,16,17,18). The van der Waals surface area contributed by atoms with Gasteiger partial charge < -0.3 is 16.5 Å². The Morgan fingerprint density at radius 2 is 2.06 bits per heavy atom. The first-order valence-electron chi connectivity index (χ1n) is 6.07. The van der Waals surface area contributed by atoms with E-state index in [1.54, 1.807) is 0 Å². The van der Waals surface area contributed by atoms with E-state index in [0.717, 1.165) is 12.2 Å². The highest BCUT2D eigenvalue weighted by Crippen LogP contribution is 2.30. The fraction of sp³-hybridized carbons (Fsp3) is 0.583. The maximum atomic E-state index is 5.84. The molecule has 0 bridgehead atoms. The molecule has 5 N–H and O–H groups in total. The molecule has 0 amide bonds. The Morgan fingerprint density at radius 3 is 2.61 bits per heavy atom. The molecule has 0 fully saturated rings. The van der Waals surface area contributed by atoms with Gasteiger partial charge in [0, 0.05) is 12.5 Å². The molecule has 2 aromatic rings. The van der Waals surface area contributed by atoms with Crippen molar-refractivity contribution in [2.24, 2.45) is 11.1 Å². The molecule has 0 aliphatic carbocycles. The molecule has 6 nitrogen and oxygen atoms in total. The maximum absolute atomic E-state index is 5.84. The van der Waals surface area contributed by atoms with Crippen molar-refractivity contribution in [3.05, 3.63) is 12.2 Å². The molecule has 6 heteroatoms. The zero-order valence-electron chi connectivity index (χ0n) is 11.1. The molecule has 2 rings (SSSR count). The molecule has 1 atom stereocenters. The zero-order valence-corrected chi connectivity index (χ0v) is 11.1. The van der Waals surface area contributed by atoms with Crippen molar-refractivity contribution in [3.8, 4) is 0 Å². The Hall–Kier alpha value is -1.69. The molecule has 2 aromatic heterocycles. The van der Waals surface area contributed by atoms with Crippen molar-refractivity contribution < 1.29 is 0 Å². The lowest BCUT2D eigenvalue weighted by Crippen LogP contribution is -2.20. The van der Waals surface area contributed by atoms with Gasteiger partial charge in [-0.25, -0.2) is 15.0 Å².